The predicted octanol–water partition coefficient (Wildman–Crippen LogP) is 1.59. The summed E-state index contributed by atoms with van der Waals surface area (Å²) in [6, 6.07) is 0.584. The molecule has 4 saturated heterocycles. The Labute approximate surface area is 323 Å². The van der Waals surface area contributed by atoms with E-state index in [1.54, 1.807) is 37.3 Å². The van der Waals surface area contributed by atoms with Gasteiger partial charge in [-0.3, -0.25) is 28.8 Å². The molecule has 4 aliphatic rings. The third-order valence-electron chi connectivity index (χ3n) is 11.2. The van der Waals surface area contributed by atoms with E-state index in [9.17, 15) is 33.6 Å². The fourth-order valence-electron chi connectivity index (χ4n) is 8.07. The van der Waals surface area contributed by atoms with Gasteiger partial charge in [-0.2, -0.15) is 0 Å². The van der Waals surface area contributed by atoms with Gasteiger partial charge in [0.1, 0.15) is 42.4 Å². The molecule has 4 fully saturated rings. The number of hydrogen-bond donors (Lipinski definition) is 4. The molecule has 1 aromatic rings. The van der Waals surface area contributed by atoms with E-state index in [-0.39, 0.29) is 31.3 Å². The Kier molecular flexibility index (Phi) is 13.9. The molecule has 4 aliphatic heterocycles. The SMILES string of the molecule is CCCC/C=C/C(=O)N[C@@H](Cc1cccc(N)c1)C(=O)N[C@@H]1C(=O)N2CCC[C@H]2C(=O)N2CCC(C)C[C@H]2C(=O)N[C@@H](C)C(=O)N2CCC[C@H]2C(=O)O[C@H]1C. The minimum Gasteiger partial charge on any atom is -0.458 e. The number of nitrogens with zero attached hydrogens (tertiary/aromatic N) is 3. The van der Waals surface area contributed by atoms with Crippen molar-refractivity contribution in [3.8, 4) is 0 Å². The third kappa shape index (κ3) is 10.0. The number of nitrogens with two attached hydrogens (primary N) is 1. The Morgan fingerprint density at radius 3 is 2.33 bits per heavy atom. The normalized spacial score (nSPS) is 28.6. The first-order valence-corrected chi connectivity index (χ1v) is 19.8. The summed E-state index contributed by atoms with van der Waals surface area (Å²) in [5, 5.41) is 8.35. The number of cyclic esters (lactones) is 1. The lowest BCUT2D eigenvalue weighted by atomic mass is 9.91. The van der Waals surface area contributed by atoms with Crippen molar-refractivity contribution in [1.82, 2.24) is 30.7 Å². The molecule has 0 spiro atoms. The van der Waals surface area contributed by atoms with Crippen LogP contribution in [0.3, 0.4) is 0 Å². The minimum absolute atomic E-state index is 0.0412. The average molecular weight is 764 g/mol. The molecule has 55 heavy (non-hydrogen) atoms. The number of rotatable bonds is 9. The molecule has 0 saturated carbocycles. The average Bonchev–Trinajstić information content (AvgIpc) is 3.85. The fourth-order valence-corrected chi connectivity index (χ4v) is 8.07. The monoisotopic (exact) mass is 763 g/mol. The fraction of sp³-hybridized carbons (Fsp3) is 0.625. The molecule has 1 unspecified atom stereocenters. The summed E-state index contributed by atoms with van der Waals surface area (Å²) in [7, 11) is 0. The highest BCUT2D eigenvalue weighted by molar-refractivity contribution is 5.98. The Balaban J connectivity index is 1.49. The van der Waals surface area contributed by atoms with Crippen molar-refractivity contribution >= 4 is 47.1 Å². The highest BCUT2D eigenvalue weighted by atomic mass is 16.5. The zero-order valence-corrected chi connectivity index (χ0v) is 32.5. The first-order chi connectivity index (χ1) is 26.3. The highest BCUT2D eigenvalue weighted by Crippen LogP contribution is 2.29. The molecular weight excluding hydrogens is 706 g/mol. The Morgan fingerprint density at radius 1 is 0.927 bits per heavy atom. The quantitative estimate of drug-likeness (QED) is 0.125. The first kappa shape index (κ1) is 41.2. The van der Waals surface area contributed by atoms with Gasteiger partial charge in [0.25, 0.3) is 0 Å². The Bertz CT molecular complexity index is 1650. The van der Waals surface area contributed by atoms with E-state index in [2.05, 4.69) is 16.0 Å². The van der Waals surface area contributed by atoms with Crippen LogP contribution in [0.2, 0.25) is 0 Å². The van der Waals surface area contributed by atoms with Crippen LogP contribution in [-0.4, -0.2) is 118 Å². The van der Waals surface area contributed by atoms with Crippen LogP contribution in [0.5, 0.6) is 0 Å². The zero-order chi connectivity index (χ0) is 39.8. The topological polar surface area (TPSA) is 201 Å². The van der Waals surface area contributed by atoms with Crippen LogP contribution < -0.4 is 21.7 Å². The number of carbonyl (C=O) groups excluding carboxylic acids is 7. The van der Waals surface area contributed by atoms with Gasteiger partial charge in [0, 0.05) is 31.7 Å². The molecule has 0 aliphatic carbocycles. The van der Waals surface area contributed by atoms with E-state index >= 15 is 0 Å². The number of unbranched alkanes of at least 4 members (excludes halogenated alkanes) is 2. The molecule has 4 heterocycles. The Hall–Kier alpha value is -4.95. The molecule has 5 rings (SSSR count). The van der Waals surface area contributed by atoms with Gasteiger partial charge < -0.3 is 41.1 Å². The molecular formula is C40H57N7O8. The number of piperidine rings is 1. The van der Waals surface area contributed by atoms with Crippen molar-refractivity contribution < 1.29 is 38.3 Å². The maximum Gasteiger partial charge on any atom is 0.329 e. The number of anilines is 1. The van der Waals surface area contributed by atoms with Crippen molar-refractivity contribution in [3.05, 3.63) is 42.0 Å². The zero-order valence-electron chi connectivity index (χ0n) is 32.5. The standard InChI is InChI=1S/C40H57N7O8/c1-5-6-7-8-16-33(48)43-29(23-27-12-9-13-28(41)22-27)35(49)44-34-26(4)55-40(54)31-15-11-19-46(31)37(51)25(3)42-36(50)32-21-24(2)17-20-47(32)38(52)30-14-10-18-45(30)39(34)53/h8-9,12-13,16,22,24-26,29-32,34H,5-7,10-11,14-15,17-21,23,41H2,1-4H3,(H,42,50)(H,43,48)(H,44,49)/b16-8+/t24?,25-,26-,29-,30-,31-,32-,34-/m0/s1. The molecule has 0 aromatic heterocycles. The lowest BCUT2D eigenvalue weighted by molar-refractivity contribution is -0.163. The number of nitrogens with one attached hydrogen (secondary N) is 3. The van der Waals surface area contributed by atoms with Crippen LogP contribution in [0.1, 0.15) is 91.0 Å². The van der Waals surface area contributed by atoms with Gasteiger partial charge in [0.2, 0.25) is 35.4 Å². The number of fused-ring (bicyclic) bond motifs is 3. The number of nitrogen functional groups attached to an aromatic ring is 1. The number of hydrogen-bond acceptors (Lipinski definition) is 9. The van der Waals surface area contributed by atoms with Gasteiger partial charge in [-0.15, -0.1) is 0 Å². The van der Waals surface area contributed by atoms with Crippen molar-refractivity contribution in [2.45, 2.75) is 134 Å². The largest absolute Gasteiger partial charge is 0.458 e. The second kappa shape index (κ2) is 18.6. The van der Waals surface area contributed by atoms with Crippen LogP contribution in [-0.2, 0) is 44.7 Å². The molecule has 15 nitrogen and oxygen atoms in total. The highest BCUT2D eigenvalue weighted by Gasteiger charge is 2.47. The van der Waals surface area contributed by atoms with Gasteiger partial charge >= 0.3 is 5.97 Å². The summed E-state index contributed by atoms with van der Waals surface area (Å²) in [6.07, 6.45) is 7.20. The van der Waals surface area contributed by atoms with Crippen LogP contribution in [0, 0.1) is 5.92 Å². The van der Waals surface area contributed by atoms with E-state index in [0.29, 0.717) is 62.7 Å². The maximum atomic E-state index is 14.7. The van der Waals surface area contributed by atoms with Gasteiger partial charge in [-0.25, -0.2) is 4.79 Å². The van der Waals surface area contributed by atoms with Crippen LogP contribution >= 0.6 is 0 Å². The van der Waals surface area contributed by atoms with Crippen molar-refractivity contribution in [1.29, 1.82) is 0 Å². The van der Waals surface area contributed by atoms with Crippen molar-refractivity contribution in [3.63, 3.8) is 0 Å². The molecule has 6 amide bonds. The summed E-state index contributed by atoms with van der Waals surface area (Å²) >= 11 is 0. The van der Waals surface area contributed by atoms with Crippen molar-refractivity contribution in [2.75, 3.05) is 25.4 Å². The number of amides is 6. The molecule has 5 N–H and O–H groups in total. The van der Waals surface area contributed by atoms with Gasteiger partial charge in [-0.05, 0) is 88.5 Å². The second-order valence-electron chi connectivity index (χ2n) is 15.5. The lowest BCUT2D eigenvalue weighted by Gasteiger charge is -2.41. The number of esters is 1. The van der Waals surface area contributed by atoms with E-state index in [4.69, 9.17) is 10.5 Å². The van der Waals surface area contributed by atoms with Crippen molar-refractivity contribution in [2.24, 2.45) is 5.92 Å². The molecule has 1 aromatic carbocycles. The van der Waals surface area contributed by atoms with E-state index in [0.717, 1.165) is 12.8 Å². The predicted molar refractivity (Wildman–Crippen MR) is 204 cm³/mol. The summed E-state index contributed by atoms with van der Waals surface area (Å²) < 4.78 is 5.90. The van der Waals surface area contributed by atoms with Crippen LogP contribution in [0.15, 0.2) is 36.4 Å². The summed E-state index contributed by atoms with van der Waals surface area (Å²) in [5.74, 6) is -3.75. The maximum absolute atomic E-state index is 14.7. The second-order valence-corrected chi connectivity index (χ2v) is 15.5. The summed E-state index contributed by atoms with van der Waals surface area (Å²) in [4.78, 5) is 102. The summed E-state index contributed by atoms with van der Waals surface area (Å²) in [5.41, 5.74) is 7.16. The molecule has 15 heteroatoms. The molecule has 0 bridgehead atoms. The van der Waals surface area contributed by atoms with Gasteiger partial charge in [0.05, 0.1) is 0 Å². The van der Waals surface area contributed by atoms with Crippen LogP contribution in [0.4, 0.5) is 5.69 Å². The smallest absolute Gasteiger partial charge is 0.329 e. The summed E-state index contributed by atoms with van der Waals surface area (Å²) in [6.45, 7) is 7.88. The first-order valence-electron chi connectivity index (χ1n) is 19.8. The lowest BCUT2D eigenvalue weighted by Crippen LogP contribution is -2.63. The van der Waals surface area contributed by atoms with Crippen LogP contribution in [0.25, 0.3) is 0 Å². The number of carbonyl (C=O) groups is 7. The number of ether oxygens (including phenoxy) is 1. The van der Waals surface area contributed by atoms with Gasteiger partial charge in [0.15, 0.2) is 0 Å². The van der Waals surface area contributed by atoms with E-state index in [1.807, 2.05) is 13.8 Å². The number of allylic oxidation sites excluding steroid dienone is 1. The molecule has 300 valence electrons. The van der Waals surface area contributed by atoms with E-state index < -0.39 is 77.9 Å². The molecule has 8 atom stereocenters. The molecule has 0 radical (unpaired) electrons. The number of benzene rings is 1. The Morgan fingerprint density at radius 2 is 1.62 bits per heavy atom. The van der Waals surface area contributed by atoms with E-state index in [1.165, 1.54) is 27.7 Å². The van der Waals surface area contributed by atoms with Gasteiger partial charge in [-0.1, -0.05) is 44.9 Å². The third-order valence-corrected chi connectivity index (χ3v) is 11.2. The minimum atomic E-state index is -1.46.